The number of carbonyl (C=O) groups excluding carboxylic acids is 3. The van der Waals surface area contributed by atoms with E-state index in [9.17, 15) is 27.6 Å². The lowest BCUT2D eigenvalue weighted by Crippen LogP contribution is -2.71. The summed E-state index contributed by atoms with van der Waals surface area (Å²) in [4.78, 5) is 43.8. The largest absolute Gasteiger partial charge is 0.408 e. The highest BCUT2D eigenvalue weighted by molar-refractivity contribution is 6.30. The van der Waals surface area contributed by atoms with Gasteiger partial charge in [-0.15, -0.1) is 0 Å². The van der Waals surface area contributed by atoms with Crippen molar-refractivity contribution in [2.45, 2.75) is 56.8 Å². The Hall–Kier alpha value is -3.34. The standard InChI is InChI=1S/C25H27ClF3N5O3/c26-16-6-8-17(9-7-16)32-22(35)20-18(12-14-10-11-31-19(30)13-14)23(36)34(20)24(37)33-21(25(27,28)29)15-4-2-1-3-5-15/h6-11,13,15,18,20-21H,1-5,12H2,(H2,30,31)(H,32,35)(H,33,37)/t18-,20-,21?/m0/s1. The quantitative estimate of drug-likeness (QED) is 0.467. The number of likely N-dealkylation sites (tertiary alicyclic amines) is 1. The average molecular weight is 538 g/mol. The summed E-state index contributed by atoms with van der Waals surface area (Å²) in [5, 5.41) is 5.08. The number of imide groups is 1. The second kappa shape index (κ2) is 11.0. The third-order valence-corrected chi connectivity index (χ3v) is 7.12. The molecule has 3 atom stereocenters. The molecule has 0 spiro atoms. The van der Waals surface area contributed by atoms with Crippen molar-refractivity contribution < 1.29 is 27.6 Å². The summed E-state index contributed by atoms with van der Waals surface area (Å²) in [6.07, 6.45) is -0.430. The molecule has 1 saturated carbocycles. The molecule has 1 aliphatic carbocycles. The van der Waals surface area contributed by atoms with Crippen LogP contribution >= 0.6 is 11.6 Å². The van der Waals surface area contributed by atoms with Gasteiger partial charge in [0.05, 0.1) is 5.92 Å². The molecule has 4 amide bonds. The van der Waals surface area contributed by atoms with Crippen molar-refractivity contribution in [1.82, 2.24) is 15.2 Å². The number of nitrogens with two attached hydrogens (primary N) is 1. The van der Waals surface area contributed by atoms with E-state index in [1.54, 1.807) is 18.2 Å². The first-order chi connectivity index (χ1) is 17.5. The van der Waals surface area contributed by atoms with Gasteiger partial charge in [-0.25, -0.2) is 9.78 Å². The van der Waals surface area contributed by atoms with Crippen LogP contribution in [0.1, 0.15) is 37.7 Å². The Morgan fingerprint density at radius 2 is 1.81 bits per heavy atom. The van der Waals surface area contributed by atoms with E-state index in [1.165, 1.54) is 24.4 Å². The van der Waals surface area contributed by atoms with E-state index in [0.717, 1.165) is 6.42 Å². The molecule has 2 aromatic rings. The number of β-lactam (4-membered cyclic amide) rings is 1. The highest BCUT2D eigenvalue weighted by Gasteiger charge is 2.56. The molecule has 37 heavy (non-hydrogen) atoms. The highest BCUT2D eigenvalue weighted by atomic mass is 35.5. The molecule has 198 valence electrons. The molecule has 2 fully saturated rings. The predicted molar refractivity (Wildman–Crippen MR) is 132 cm³/mol. The van der Waals surface area contributed by atoms with Gasteiger partial charge in [0, 0.05) is 16.9 Å². The molecule has 12 heteroatoms. The maximum Gasteiger partial charge on any atom is 0.408 e. The second-order valence-electron chi connectivity index (χ2n) is 9.42. The molecule has 2 heterocycles. The fraction of sp³-hybridized carbons (Fsp3) is 0.440. The van der Waals surface area contributed by atoms with E-state index in [0.29, 0.717) is 46.9 Å². The first kappa shape index (κ1) is 26.7. The minimum absolute atomic E-state index is 0.0549. The molecule has 4 N–H and O–H groups in total. The fourth-order valence-electron chi connectivity index (χ4n) is 5.04. The Balaban J connectivity index is 1.56. The van der Waals surface area contributed by atoms with Crippen molar-refractivity contribution in [1.29, 1.82) is 0 Å². The van der Waals surface area contributed by atoms with Gasteiger partial charge >= 0.3 is 12.2 Å². The van der Waals surface area contributed by atoms with Gasteiger partial charge in [0.2, 0.25) is 11.8 Å². The molecule has 1 aromatic carbocycles. The number of anilines is 2. The number of aromatic nitrogens is 1. The van der Waals surface area contributed by atoms with Crippen LogP contribution in [0, 0.1) is 11.8 Å². The van der Waals surface area contributed by atoms with Gasteiger partial charge in [-0.05, 0) is 67.1 Å². The number of alkyl halides is 3. The summed E-state index contributed by atoms with van der Waals surface area (Å²) in [7, 11) is 0. The van der Waals surface area contributed by atoms with Crippen LogP contribution in [-0.4, -0.2) is 46.0 Å². The van der Waals surface area contributed by atoms with Gasteiger partial charge in [0.25, 0.3) is 0 Å². The van der Waals surface area contributed by atoms with E-state index in [-0.39, 0.29) is 12.2 Å². The number of urea groups is 1. The lowest BCUT2D eigenvalue weighted by molar-refractivity contribution is -0.170. The van der Waals surface area contributed by atoms with Crippen molar-refractivity contribution in [3.05, 3.63) is 53.2 Å². The van der Waals surface area contributed by atoms with Crippen molar-refractivity contribution in [3.63, 3.8) is 0 Å². The van der Waals surface area contributed by atoms with Crippen LogP contribution in [0.15, 0.2) is 42.6 Å². The zero-order chi connectivity index (χ0) is 26.7. The number of hydrogen-bond acceptors (Lipinski definition) is 5. The molecule has 8 nitrogen and oxygen atoms in total. The number of nitrogens with zero attached hydrogens (tertiary/aromatic N) is 2. The minimum Gasteiger partial charge on any atom is -0.384 e. The number of hydrogen-bond donors (Lipinski definition) is 3. The normalized spacial score (nSPS) is 21.2. The van der Waals surface area contributed by atoms with Crippen LogP contribution < -0.4 is 16.4 Å². The maximum absolute atomic E-state index is 13.9. The zero-order valence-electron chi connectivity index (χ0n) is 19.8. The minimum atomic E-state index is -4.69. The van der Waals surface area contributed by atoms with Crippen LogP contribution in [0.3, 0.4) is 0 Å². The van der Waals surface area contributed by atoms with E-state index < -0.39 is 47.9 Å². The lowest BCUT2D eigenvalue weighted by Gasteiger charge is -2.45. The zero-order valence-corrected chi connectivity index (χ0v) is 20.6. The van der Waals surface area contributed by atoms with E-state index in [4.69, 9.17) is 17.3 Å². The lowest BCUT2D eigenvalue weighted by atomic mass is 9.81. The average Bonchev–Trinajstić information content (AvgIpc) is 2.85. The number of rotatable bonds is 6. The van der Waals surface area contributed by atoms with Crippen molar-refractivity contribution in [3.8, 4) is 0 Å². The SMILES string of the molecule is Nc1cc(C[C@@H]2C(=O)N(C(=O)NC(C3CCCCC3)C(F)(F)F)[C@@H]2C(=O)Nc2ccc(Cl)cc2)ccn1. The molecular weight excluding hydrogens is 511 g/mol. The molecule has 1 aromatic heterocycles. The van der Waals surface area contributed by atoms with Gasteiger partial charge in [-0.2, -0.15) is 13.2 Å². The topological polar surface area (TPSA) is 117 Å². The molecule has 0 bridgehead atoms. The fourth-order valence-corrected chi connectivity index (χ4v) is 5.16. The van der Waals surface area contributed by atoms with Crippen molar-refractivity contribution in [2.75, 3.05) is 11.1 Å². The number of carbonyl (C=O) groups is 3. The number of amides is 4. The van der Waals surface area contributed by atoms with Crippen molar-refractivity contribution in [2.24, 2.45) is 11.8 Å². The first-order valence-corrected chi connectivity index (χ1v) is 12.4. The molecule has 1 unspecified atom stereocenters. The Bertz CT molecular complexity index is 1160. The summed E-state index contributed by atoms with van der Waals surface area (Å²) < 4.78 is 41.7. The van der Waals surface area contributed by atoms with Gasteiger partial charge in [0.15, 0.2) is 0 Å². The third kappa shape index (κ3) is 6.15. The van der Waals surface area contributed by atoms with E-state index in [2.05, 4.69) is 10.3 Å². The van der Waals surface area contributed by atoms with Crippen LogP contribution in [0.2, 0.25) is 5.02 Å². The predicted octanol–water partition coefficient (Wildman–Crippen LogP) is 4.55. The summed E-state index contributed by atoms with van der Waals surface area (Å²) in [6, 6.07) is 4.64. The monoisotopic (exact) mass is 537 g/mol. The molecule has 4 rings (SSSR count). The number of nitrogens with one attached hydrogen (secondary N) is 2. The van der Waals surface area contributed by atoms with Crippen LogP contribution in [0.5, 0.6) is 0 Å². The molecule has 2 aliphatic rings. The third-order valence-electron chi connectivity index (χ3n) is 6.87. The van der Waals surface area contributed by atoms with Crippen LogP contribution in [0.4, 0.5) is 29.5 Å². The molecule has 1 aliphatic heterocycles. The highest BCUT2D eigenvalue weighted by Crippen LogP contribution is 2.36. The summed E-state index contributed by atoms with van der Waals surface area (Å²) in [5.41, 5.74) is 6.67. The Morgan fingerprint density at radius 3 is 2.43 bits per heavy atom. The van der Waals surface area contributed by atoms with Gasteiger partial charge in [0.1, 0.15) is 17.9 Å². The summed E-state index contributed by atoms with van der Waals surface area (Å²) in [5.74, 6) is -2.99. The maximum atomic E-state index is 13.9. The number of halogens is 4. The van der Waals surface area contributed by atoms with Crippen LogP contribution in [0.25, 0.3) is 0 Å². The van der Waals surface area contributed by atoms with E-state index in [1.807, 2.05) is 5.32 Å². The number of benzene rings is 1. The van der Waals surface area contributed by atoms with E-state index >= 15 is 0 Å². The number of pyridine rings is 1. The van der Waals surface area contributed by atoms with Gasteiger partial charge in [-0.3, -0.25) is 14.5 Å². The van der Waals surface area contributed by atoms with Crippen molar-refractivity contribution >= 4 is 41.0 Å². The number of nitrogen functional groups attached to an aromatic ring is 1. The molecule has 1 saturated heterocycles. The van der Waals surface area contributed by atoms with Gasteiger partial charge < -0.3 is 16.4 Å². The molecule has 0 radical (unpaired) electrons. The smallest absolute Gasteiger partial charge is 0.384 e. The Morgan fingerprint density at radius 1 is 1.14 bits per heavy atom. The Kier molecular flexibility index (Phi) is 7.91. The van der Waals surface area contributed by atoms with Crippen LogP contribution in [-0.2, 0) is 16.0 Å². The molecular formula is C25H27ClF3N5O3. The second-order valence-corrected chi connectivity index (χ2v) is 9.85. The summed E-state index contributed by atoms with van der Waals surface area (Å²) >= 11 is 5.88. The van der Waals surface area contributed by atoms with Gasteiger partial charge in [-0.1, -0.05) is 30.9 Å². The first-order valence-electron chi connectivity index (χ1n) is 12.0. The Labute approximate surface area is 216 Å². The summed E-state index contributed by atoms with van der Waals surface area (Å²) in [6.45, 7) is 0.